The van der Waals surface area contributed by atoms with Gasteiger partial charge in [0.25, 0.3) is 0 Å². The van der Waals surface area contributed by atoms with Crippen LogP contribution in [0.5, 0.6) is 0 Å². The molecule has 17 heteroatoms. The number of esters is 4. The zero-order chi connectivity index (χ0) is 63.5. The van der Waals surface area contributed by atoms with E-state index in [-0.39, 0.29) is 100 Å². The summed E-state index contributed by atoms with van der Waals surface area (Å²) in [6.45, 7) is 59.7. The largest absolute Gasteiger partial charge is 0.481 e. The minimum atomic E-state index is -0.757. The molecule has 0 aliphatic rings. The third-order valence-electron chi connectivity index (χ3n) is 3.43. The van der Waals surface area contributed by atoms with Gasteiger partial charge in [0, 0.05) is 55.5 Å². The Balaban J connectivity index is -0.0000000129. The molecule has 0 saturated heterocycles. The molecule has 0 unspecified atom stereocenters. The molecule has 0 atom stereocenters. The average Bonchev–Trinajstić information content (AvgIpc) is 3.44. The number of carbonyl (C=O) groups excluding carboxylic acids is 5. The number of ether oxygens (including phenoxy) is 6. The van der Waals surface area contributed by atoms with Crippen molar-refractivity contribution in [2.24, 2.45) is 10.8 Å². The SMILES string of the molecule is C.C.C.C.C.C.C.CC.CC.CC.CC.CC.CC.CC.CC.CC.CC.CC.CC(C)(C)C(=O)O.CCC(=O)OC.CCC(C)=O.CO.CO.CO.CO.COC(=O)C(C)(C)C.COCC(=O)OC.COCC(=O)OC. The summed E-state index contributed by atoms with van der Waals surface area (Å²) in [7, 11) is 12.3. The Morgan fingerprint density at radius 1 is 0.325 bits per heavy atom. The molecule has 0 aromatic carbocycles. The third kappa shape index (κ3) is 508. The molecule has 0 heterocycles. The molecule has 0 aliphatic carbocycles. The number of Topliss-reactive ketones (excluding diaryl/α,β-unsaturated/α-hetero) is 1. The molecule has 5 N–H and O–H groups in total. The van der Waals surface area contributed by atoms with Crippen LogP contribution in [0.1, 0.15) is 279 Å². The van der Waals surface area contributed by atoms with Crippen LogP contribution in [0.15, 0.2) is 0 Å². The van der Waals surface area contributed by atoms with E-state index in [1.54, 1.807) is 34.6 Å². The molecule has 506 valence electrons. The second-order valence-electron chi connectivity index (χ2n) is 9.30. The fourth-order valence-electron chi connectivity index (χ4n) is 0.804. The van der Waals surface area contributed by atoms with E-state index < -0.39 is 11.4 Å². The zero-order valence-corrected chi connectivity index (χ0v) is 55.0. The number of ketones is 1. The van der Waals surface area contributed by atoms with Crippen LogP contribution in [-0.4, -0.2) is 145 Å². The van der Waals surface area contributed by atoms with Crippen molar-refractivity contribution in [2.45, 2.75) is 279 Å². The van der Waals surface area contributed by atoms with Crippen molar-refractivity contribution in [2.75, 3.05) is 84.3 Å². The number of aliphatic hydroxyl groups excluding tert-OH is 4. The number of hydrogen-bond acceptors (Lipinski definition) is 16. The molecule has 0 saturated carbocycles. The molecule has 0 rings (SSSR count). The summed E-state index contributed by atoms with van der Waals surface area (Å²) in [6.07, 6.45) is 1.14. The van der Waals surface area contributed by atoms with Crippen molar-refractivity contribution in [3.8, 4) is 0 Å². The van der Waals surface area contributed by atoms with Gasteiger partial charge in [-0.15, -0.1) is 0 Å². The van der Waals surface area contributed by atoms with Crippen LogP contribution in [0, 0.1) is 10.8 Å². The van der Waals surface area contributed by atoms with Gasteiger partial charge in [0.05, 0.1) is 39.3 Å². The first kappa shape index (κ1) is 186. The minimum absolute atomic E-state index is 0. The monoisotopic (exact) mass is 1160 g/mol. The van der Waals surface area contributed by atoms with E-state index >= 15 is 0 Å². The molecule has 0 radical (unpaired) electrons. The Bertz CT molecular complexity index is 671. The number of rotatable bonds is 6. The lowest BCUT2D eigenvalue weighted by molar-refractivity contribution is -0.150. The van der Waals surface area contributed by atoms with Gasteiger partial charge in [0.1, 0.15) is 19.0 Å². The molecule has 17 nitrogen and oxygen atoms in total. The van der Waals surface area contributed by atoms with Crippen LogP contribution < -0.4 is 0 Å². The van der Waals surface area contributed by atoms with Crippen LogP contribution in [0.2, 0.25) is 0 Å². The van der Waals surface area contributed by atoms with Crippen molar-refractivity contribution in [3.63, 3.8) is 0 Å². The molecule has 77 heavy (non-hydrogen) atoms. The van der Waals surface area contributed by atoms with Gasteiger partial charge < -0.3 is 58.7 Å². The topological polar surface area (TPSA) is 259 Å². The molecule has 0 aromatic heterocycles. The van der Waals surface area contributed by atoms with E-state index in [9.17, 15) is 28.8 Å². The Labute approximate surface area is 491 Å². The summed E-state index contributed by atoms with van der Waals surface area (Å²) in [6, 6.07) is 0. The van der Waals surface area contributed by atoms with E-state index in [2.05, 4.69) is 28.4 Å². The lowest BCUT2D eigenvalue weighted by Crippen LogP contribution is -2.21. The highest BCUT2D eigenvalue weighted by Crippen LogP contribution is 2.13. The Hall–Kier alpha value is -3.22. The Morgan fingerprint density at radius 2 is 0.468 bits per heavy atom. The number of hydrogen-bond donors (Lipinski definition) is 5. The van der Waals surface area contributed by atoms with Gasteiger partial charge in [0.2, 0.25) is 0 Å². The van der Waals surface area contributed by atoms with E-state index in [1.807, 2.05) is 180 Å². The smallest absolute Gasteiger partial charge is 0.331 e. The van der Waals surface area contributed by atoms with Crippen molar-refractivity contribution in [1.82, 2.24) is 0 Å². The molecular formula is C60H164O17. The van der Waals surface area contributed by atoms with E-state index in [0.29, 0.717) is 12.8 Å². The highest BCUT2D eigenvalue weighted by molar-refractivity contribution is 5.75. The van der Waals surface area contributed by atoms with Crippen LogP contribution >= 0.6 is 0 Å². The van der Waals surface area contributed by atoms with Crippen LogP contribution in [0.3, 0.4) is 0 Å². The maximum absolute atomic E-state index is 10.6. The summed E-state index contributed by atoms with van der Waals surface area (Å²) in [5.41, 5.74) is -0.936. The number of carbonyl (C=O) groups is 6. The van der Waals surface area contributed by atoms with Gasteiger partial charge in [-0.25, -0.2) is 9.59 Å². The first-order valence-electron chi connectivity index (χ1n) is 24.9. The fourth-order valence-corrected chi connectivity index (χ4v) is 0.804. The fraction of sp³-hybridized carbons (Fsp3) is 0.900. The molecule has 0 aliphatic heterocycles. The zero-order valence-electron chi connectivity index (χ0n) is 55.0. The molecule has 0 aromatic rings. The first-order valence-corrected chi connectivity index (χ1v) is 24.9. The van der Waals surface area contributed by atoms with Gasteiger partial charge in [0.15, 0.2) is 0 Å². The molecular weight excluding hydrogens is 993 g/mol. The van der Waals surface area contributed by atoms with Crippen molar-refractivity contribution in [3.05, 3.63) is 0 Å². The lowest BCUT2D eigenvalue weighted by atomic mass is 9.98. The van der Waals surface area contributed by atoms with Crippen molar-refractivity contribution >= 4 is 35.6 Å². The summed E-state index contributed by atoms with van der Waals surface area (Å²) in [5.74, 6) is -1.52. The van der Waals surface area contributed by atoms with Crippen LogP contribution in [0.4, 0.5) is 0 Å². The number of methoxy groups -OCH3 is 6. The van der Waals surface area contributed by atoms with Crippen molar-refractivity contribution < 1.29 is 82.7 Å². The second-order valence-corrected chi connectivity index (χ2v) is 9.30. The van der Waals surface area contributed by atoms with Crippen LogP contribution in [0.25, 0.3) is 0 Å². The Kier molecular flexibility index (Phi) is 671. The van der Waals surface area contributed by atoms with Crippen molar-refractivity contribution in [1.29, 1.82) is 0 Å². The second kappa shape index (κ2) is 277. The van der Waals surface area contributed by atoms with Gasteiger partial charge in [-0.3, -0.25) is 14.4 Å². The molecule has 0 fully saturated rings. The minimum Gasteiger partial charge on any atom is -0.481 e. The third-order valence-corrected chi connectivity index (χ3v) is 3.43. The quantitative estimate of drug-likeness (QED) is 0.122. The van der Waals surface area contributed by atoms with E-state index in [4.69, 9.17) is 25.5 Å². The standard InChI is InChI=1S/C6H12O2.C5H10O2.2C4H8O3.C4H8O2.C4H8O.11C2H6.4CH4O.7CH4/c1-6(2,3)5(7)8-4;1-5(2,3)4(6)7;2*1-6-3-4(5)7-2;1-3-4(5)6-2;1-3-4(2)5;15*1-2;;;;;;;/h1-4H3;1-3H3,(H,6,7);2*3H2,1-2H3;3H2,1-2H3;3H2,1-2H3;11*1-2H3;4*2H,1H3;7*1H4. The highest BCUT2D eigenvalue weighted by Gasteiger charge is 2.21. The maximum Gasteiger partial charge on any atom is 0.331 e. The van der Waals surface area contributed by atoms with E-state index in [1.165, 1.54) is 42.7 Å². The van der Waals surface area contributed by atoms with Gasteiger partial charge in [-0.05, 0) is 48.5 Å². The summed E-state index contributed by atoms with van der Waals surface area (Å²) >= 11 is 0. The summed E-state index contributed by atoms with van der Waals surface area (Å²) in [5, 5.41) is 36.2. The molecule has 0 spiro atoms. The highest BCUT2D eigenvalue weighted by atomic mass is 16.6. The van der Waals surface area contributed by atoms with Gasteiger partial charge >= 0.3 is 29.8 Å². The van der Waals surface area contributed by atoms with E-state index in [0.717, 1.165) is 28.4 Å². The van der Waals surface area contributed by atoms with Gasteiger partial charge in [-0.1, -0.05) is 218 Å². The first-order chi connectivity index (χ1) is 33.1. The average molecular weight is 1160 g/mol. The number of aliphatic carboxylic acids is 1. The predicted octanol–water partition coefficient (Wildman–Crippen LogP) is 17.7. The lowest BCUT2D eigenvalue weighted by Gasteiger charge is -2.13. The molecule has 0 bridgehead atoms. The Morgan fingerprint density at radius 3 is 0.481 bits per heavy atom. The van der Waals surface area contributed by atoms with Crippen LogP contribution in [-0.2, 0) is 57.2 Å². The van der Waals surface area contributed by atoms with Gasteiger partial charge in [-0.2, -0.15) is 0 Å². The maximum atomic E-state index is 10.6. The summed E-state index contributed by atoms with van der Waals surface area (Å²) in [4.78, 5) is 60.5. The molecule has 0 amide bonds. The normalized spacial score (nSPS) is 5.94. The predicted molar refractivity (Wildman–Crippen MR) is 354 cm³/mol. The number of carboxylic acid groups (broad SMARTS) is 1. The summed E-state index contributed by atoms with van der Waals surface area (Å²) < 4.78 is 26.0. The number of aliphatic hydroxyl groups is 4. The number of carboxylic acids is 1.